The summed E-state index contributed by atoms with van der Waals surface area (Å²) in [5, 5.41) is 0. The molecule has 2 heteroatoms. The van der Waals surface area contributed by atoms with Gasteiger partial charge in [0.15, 0.2) is 0 Å². The van der Waals surface area contributed by atoms with E-state index in [0.29, 0.717) is 11.8 Å². The van der Waals surface area contributed by atoms with E-state index in [9.17, 15) is 4.79 Å². The molecule has 0 saturated carbocycles. The lowest BCUT2D eigenvalue weighted by molar-refractivity contribution is -0.134. The van der Waals surface area contributed by atoms with Crippen LogP contribution in [0.15, 0.2) is 24.8 Å². The Bertz CT molecular complexity index is 194. The highest BCUT2D eigenvalue weighted by Crippen LogP contribution is 2.13. The van der Waals surface area contributed by atoms with Crippen molar-refractivity contribution in [3.05, 3.63) is 24.8 Å². The van der Waals surface area contributed by atoms with E-state index >= 15 is 0 Å². The molecule has 0 bridgehead atoms. The molecular formula is C11H18O2. The van der Waals surface area contributed by atoms with Gasteiger partial charge in [0.2, 0.25) is 0 Å². The highest BCUT2D eigenvalue weighted by atomic mass is 16.6. The maximum absolute atomic E-state index is 10.7. The zero-order chi connectivity index (χ0) is 10.3. The third-order valence-electron chi connectivity index (χ3n) is 1.91. The van der Waals surface area contributed by atoms with Gasteiger partial charge in [0, 0.05) is 6.08 Å². The molecule has 0 heterocycles. The molecule has 0 saturated heterocycles. The van der Waals surface area contributed by atoms with E-state index in [-0.39, 0.29) is 5.97 Å². The monoisotopic (exact) mass is 184 g/mol. The Labute approximate surface area is 80.3 Å². The fourth-order valence-electron chi connectivity index (χ4n) is 1.07. The second-order valence-electron chi connectivity index (χ2n) is 3.31. The van der Waals surface area contributed by atoms with Crippen molar-refractivity contribution in [3.8, 4) is 0 Å². The van der Waals surface area contributed by atoms with Gasteiger partial charge in [0.25, 0.3) is 0 Å². The zero-order valence-corrected chi connectivity index (χ0v) is 8.62. The molecule has 0 radical (unpaired) electrons. The molecule has 2 atom stereocenters. The molecule has 0 aliphatic carbocycles. The minimum Gasteiger partial charge on any atom is -0.466 e. The molecular weight excluding hydrogens is 166 g/mol. The summed E-state index contributed by atoms with van der Waals surface area (Å²) in [7, 11) is 1.38. The quantitative estimate of drug-likeness (QED) is 0.284. The summed E-state index contributed by atoms with van der Waals surface area (Å²) in [4.78, 5) is 10.7. The van der Waals surface area contributed by atoms with E-state index in [0.717, 1.165) is 6.42 Å². The highest BCUT2D eigenvalue weighted by Gasteiger charge is 2.02. The maximum atomic E-state index is 10.7. The Morgan fingerprint density at radius 3 is 2.54 bits per heavy atom. The lowest BCUT2D eigenvalue weighted by atomic mass is 9.98. The fourth-order valence-corrected chi connectivity index (χ4v) is 1.07. The number of carbonyl (C=O) groups excluding carboxylic acids is 1. The smallest absolute Gasteiger partial charge is 0.330 e. The van der Waals surface area contributed by atoms with Gasteiger partial charge in [-0.3, -0.25) is 0 Å². The number of methoxy groups -OCH3 is 1. The molecule has 0 aromatic rings. The van der Waals surface area contributed by atoms with Crippen molar-refractivity contribution in [3.63, 3.8) is 0 Å². The predicted molar refractivity (Wildman–Crippen MR) is 54.3 cm³/mol. The van der Waals surface area contributed by atoms with Crippen LogP contribution in [0.1, 0.15) is 20.3 Å². The summed E-state index contributed by atoms with van der Waals surface area (Å²) in [5.41, 5.74) is 0. The van der Waals surface area contributed by atoms with Gasteiger partial charge in [-0.1, -0.05) is 26.0 Å². The molecule has 0 fully saturated rings. The molecule has 0 aromatic heterocycles. The minimum atomic E-state index is -0.293. The number of hydrogen-bond acceptors (Lipinski definition) is 2. The van der Waals surface area contributed by atoms with E-state index in [1.165, 1.54) is 13.2 Å². The molecule has 74 valence electrons. The first-order chi connectivity index (χ1) is 6.10. The van der Waals surface area contributed by atoms with Crippen LogP contribution < -0.4 is 0 Å². The maximum Gasteiger partial charge on any atom is 0.330 e. The van der Waals surface area contributed by atoms with Crippen molar-refractivity contribution in [2.45, 2.75) is 20.3 Å². The van der Waals surface area contributed by atoms with Gasteiger partial charge in [0.1, 0.15) is 0 Å². The van der Waals surface area contributed by atoms with Crippen LogP contribution in [0, 0.1) is 11.8 Å². The molecule has 0 aromatic carbocycles. The largest absolute Gasteiger partial charge is 0.466 e. The average Bonchev–Trinajstić information content (AvgIpc) is 2.13. The SMILES string of the molecule is C=C[C@H](C)C[C@H](C)/C=[13CH]/[13C](=O)OC. The topological polar surface area (TPSA) is 26.3 Å². The van der Waals surface area contributed by atoms with Crippen LogP contribution in [0.25, 0.3) is 0 Å². The molecule has 0 rings (SSSR count). The van der Waals surface area contributed by atoms with Crippen molar-refractivity contribution in [2.24, 2.45) is 11.8 Å². The van der Waals surface area contributed by atoms with E-state index in [2.05, 4.69) is 25.2 Å². The van der Waals surface area contributed by atoms with Crippen molar-refractivity contribution in [1.82, 2.24) is 0 Å². The number of allylic oxidation sites excluding steroid dienone is 2. The van der Waals surface area contributed by atoms with Crippen molar-refractivity contribution < 1.29 is 9.53 Å². The van der Waals surface area contributed by atoms with Crippen LogP contribution in [-0.2, 0) is 9.53 Å². The lowest BCUT2D eigenvalue weighted by Gasteiger charge is -2.09. The van der Waals surface area contributed by atoms with Gasteiger partial charge in [-0.2, -0.15) is 0 Å². The summed E-state index contributed by atoms with van der Waals surface area (Å²) in [6.07, 6.45) is 6.27. The number of ether oxygens (including phenoxy) is 1. The van der Waals surface area contributed by atoms with E-state index in [4.69, 9.17) is 0 Å². The van der Waals surface area contributed by atoms with Crippen LogP contribution in [0.2, 0.25) is 0 Å². The Morgan fingerprint density at radius 1 is 1.46 bits per heavy atom. The Hall–Kier alpha value is -1.05. The zero-order valence-electron chi connectivity index (χ0n) is 8.62. The van der Waals surface area contributed by atoms with Crippen LogP contribution in [-0.4, -0.2) is 13.1 Å². The van der Waals surface area contributed by atoms with Crippen LogP contribution in [0.4, 0.5) is 0 Å². The first-order valence-electron chi connectivity index (χ1n) is 4.48. The second kappa shape index (κ2) is 6.46. The predicted octanol–water partition coefficient (Wildman–Crippen LogP) is 2.56. The summed E-state index contributed by atoms with van der Waals surface area (Å²) in [6.45, 7) is 7.88. The third kappa shape index (κ3) is 6.14. The van der Waals surface area contributed by atoms with Crippen molar-refractivity contribution in [2.75, 3.05) is 7.11 Å². The third-order valence-corrected chi connectivity index (χ3v) is 1.91. The molecule has 0 unspecified atom stereocenters. The van der Waals surface area contributed by atoms with Crippen LogP contribution in [0.5, 0.6) is 0 Å². The normalized spacial score (nSPS) is 15.3. The van der Waals surface area contributed by atoms with Gasteiger partial charge in [-0.15, -0.1) is 6.58 Å². The standard InChI is InChI=1S/C11H18O2/c1-5-9(2)8-10(3)6-7-11(12)13-4/h5-7,9-10H,1,8H2,2-4H3/b7-6+/t9-,10+/m0/s1/i7+1,11+1. The Kier molecular flexibility index (Phi) is 5.94. The number of carbonyl (C=O) groups is 1. The minimum absolute atomic E-state index is 0.293. The number of hydrogen-bond donors (Lipinski definition) is 0. The Balaban J connectivity index is 3.85. The van der Waals surface area contributed by atoms with Crippen molar-refractivity contribution in [1.29, 1.82) is 0 Å². The summed E-state index contributed by atoms with van der Waals surface area (Å²) >= 11 is 0. The fraction of sp³-hybridized carbons (Fsp3) is 0.545. The summed E-state index contributed by atoms with van der Waals surface area (Å²) in [5.74, 6) is 0.572. The molecule has 2 nitrogen and oxygen atoms in total. The van der Waals surface area contributed by atoms with Gasteiger partial charge in [0.05, 0.1) is 7.11 Å². The molecule has 0 N–H and O–H groups in total. The highest BCUT2D eigenvalue weighted by molar-refractivity contribution is 5.81. The second-order valence-corrected chi connectivity index (χ2v) is 3.31. The Morgan fingerprint density at radius 2 is 2.08 bits per heavy atom. The van der Waals surface area contributed by atoms with Gasteiger partial charge in [-0.05, 0) is 18.3 Å². The van der Waals surface area contributed by atoms with E-state index < -0.39 is 0 Å². The van der Waals surface area contributed by atoms with E-state index in [1.54, 1.807) is 0 Å². The molecule has 0 amide bonds. The molecule has 0 aliphatic heterocycles. The summed E-state index contributed by atoms with van der Waals surface area (Å²) < 4.78 is 4.49. The average molecular weight is 184 g/mol. The van der Waals surface area contributed by atoms with E-state index in [1.807, 2.05) is 12.2 Å². The van der Waals surface area contributed by atoms with Crippen molar-refractivity contribution >= 4 is 5.97 Å². The van der Waals surface area contributed by atoms with Gasteiger partial charge < -0.3 is 4.74 Å². The first kappa shape index (κ1) is 11.9. The van der Waals surface area contributed by atoms with Crippen LogP contribution in [0.3, 0.4) is 0 Å². The first-order valence-corrected chi connectivity index (χ1v) is 4.48. The molecule has 0 aliphatic rings. The van der Waals surface area contributed by atoms with Gasteiger partial charge in [-0.25, -0.2) is 4.79 Å². The molecule has 13 heavy (non-hydrogen) atoms. The van der Waals surface area contributed by atoms with Gasteiger partial charge >= 0.3 is 5.97 Å². The number of esters is 1. The number of rotatable bonds is 5. The molecule has 0 spiro atoms. The lowest BCUT2D eigenvalue weighted by Crippen LogP contribution is -2.00. The van der Waals surface area contributed by atoms with Crippen LogP contribution >= 0.6 is 0 Å². The summed E-state index contributed by atoms with van der Waals surface area (Å²) in [6, 6.07) is 0.